The van der Waals surface area contributed by atoms with Crippen LogP contribution in [0.5, 0.6) is 0 Å². The maximum absolute atomic E-state index is 12.7. The Morgan fingerprint density at radius 2 is 1.87 bits per heavy atom. The molecule has 0 aliphatic heterocycles. The zero-order valence-electron chi connectivity index (χ0n) is 17.3. The second kappa shape index (κ2) is 7.98. The van der Waals surface area contributed by atoms with Crippen molar-refractivity contribution in [3.8, 4) is 5.95 Å². The van der Waals surface area contributed by atoms with Crippen LogP contribution in [0.4, 0.5) is 0 Å². The number of aromatic amines is 1. The molecule has 0 saturated carbocycles. The Balaban J connectivity index is 1.92. The maximum Gasteiger partial charge on any atom is 0.329 e. The highest BCUT2D eigenvalue weighted by molar-refractivity contribution is 5.72. The van der Waals surface area contributed by atoms with E-state index in [4.69, 9.17) is 0 Å². The fourth-order valence-corrected chi connectivity index (χ4v) is 3.49. The first kappa shape index (κ1) is 19.6. The monoisotopic (exact) mass is 404 g/mol. The Morgan fingerprint density at radius 3 is 2.57 bits per heavy atom. The van der Waals surface area contributed by atoms with Gasteiger partial charge in [0.15, 0.2) is 11.2 Å². The number of benzene rings is 1. The van der Waals surface area contributed by atoms with Gasteiger partial charge in [-0.2, -0.15) is 10.1 Å². The number of allylic oxidation sites excluding steroid dienone is 1. The number of nitrogens with zero attached hydrogens (tertiary/aromatic N) is 5. The molecule has 3 heterocycles. The number of rotatable bonds is 6. The minimum atomic E-state index is -0.492. The van der Waals surface area contributed by atoms with E-state index in [0.717, 1.165) is 29.8 Å². The zero-order valence-corrected chi connectivity index (χ0v) is 17.3. The van der Waals surface area contributed by atoms with Gasteiger partial charge in [-0.3, -0.25) is 18.9 Å². The van der Waals surface area contributed by atoms with Crippen molar-refractivity contribution in [1.82, 2.24) is 28.9 Å². The summed E-state index contributed by atoms with van der Waals surface area (Å²) in [6.07, 6.45) is 5.53. The molecule has 1 N–H and O–H groups in total. The molecule has 8 heteroatoms. The second-order valence-corrected chi connectivity index (χ2v) is 7.07. The average Bonchev–Trinajstić information content (AvgIpc) is 3.34. The number of aromatic nitrogens is 6. The molecule has 0 aliphatic rings. The van der Waals surface area contributed by atoms with Crippen molar-refractivity contribution in [2.75, 3.05) is 0 Å². The molecule has 0 aliphatic carbocycles. The SMILES string of the molecule is CCc1cc(CC)n(-c2nc3c(c(=O)[nH]c(=O)n3C)n2C/C=C/c2ccccc2)n1. The van der Waals surface area contributed by atoms with Crippen LogP contribution in [0.3, 0.4) is 0 Å². The second-order valence-electron chi connectivity index (χ2n) is 7.07. The van der Waals surface area contributed by atoms with Gasteiger partial charge in [-0.05, 0) is 24.5 Å². The number of nitrogens with one attached hydrogen (secondary N) is 1. The van der Waals surface area contributed by atoms with E-state index in [2.05, 4.69) is 22.0 Å². The Bertz CT molecular complexity index is 1340. The lowest BCUT2D eigenvalue weighted by molar-refractivity contribution is 0.694. The van der Waals surface area contributed by atoms with Crippen molar-refractivity contribution in [1.29, 1.82) is 0 Å². The van der Waals surface area contributed by atoms with Gasteiger partial charge in [-0.15, -0.1) is 0 Å². The first-order valence-electron chi connectivity index (χ1n) is 10.0. The minimum Gasteiger partial charge on any atom is -0.299 e. The lowest BCUT2D eigenvalue weighted by Crippen LogP contribution is -2.29. The van der Waals surface area contributed by atoms with Gasteiger partial charge in [-0.25, -0.2) is 9.48 Å². The fourth-order valence-electron chi connectivity index (χ4n) is 3.49. The van der Waals surface area contributed by atoms with Crippen LogP contribution < -0.4 is 11.2 Å². The molecular formula is C22H24N6O2. The summed E-state index contributed by atoms with van der Waals surface area (Å²) >= 11 is 0. The standard InChI is InChI=1S/C22H24N6O2/c1-4-16-14-17(5-2)28(25-16)21-23-19-18(20(29)24-22(30)26(19)3)27(21)13-9-12-15-10-7-6-8-11-15/h6-12,14H,4-5,13H2,1-3H3,(H,24,29,30)/b12-9+. The van der Waals surface area contributed by atoms with E-state index in [-0.39, 0.29) is 0 Å². The first-order chi connectivity index (χ1) is 14.5. The van der Waals surface area contributed by atoms with E-state index in [1.54, 1.807) is 16.3 Å². The summed E-state index contributed by atoms with van der Waals surface area (Å²) in [6, 6.07) is 12.0. The van der Waals surface area contributed by atoms with Crippen LogP contribution in [-0.2, 0) is 26.4 Å². The summed E-state index contributed by atoms with van der Waals surface area (Å²) in [6.45, 7) is 4.51. The quantitative estimate of drug-likeness (QED) is 0.534. The molecule has 4 aromatic rings. The van der Waals surface area contributed by atoms with Crippen molar-refractivity contribution in [3.05, 3.63) is 80.3 Å². The molecule has 3 aromatic heterocycles. The van der Waals surface area contributed by atoms with Gasteiger partial charge in [0.05, 0.1) is 5.69 Å². The van der Waals surface area contributed by atoms with Gasteiger partial charge < -0.3 is 0 Å². The molecule has 30 heavy (non-hydrogen) atoms. The topological polar surface area (TPSA) is 90.5 Å². The summed E-state index contributed by atoms with van der Waals surface area (Å²) in [5.74, 6) is 0.519. The summed E-state index contributed by atoms with van der Waals surface area (Å²) in [5.41, 5.74) is 2.74. The number of imidazole rings is 1. The van der Waals surface area contributed by atoms with E-state index in [0.29, 0.717) is 23.7 Å². The van der Waals surface area contributed by atoms with Crippen molar-refractivity contribution in [3.63, 3.8) is 0 Å². The van der Waals surface area contributed by atoms with E-state index in [9.17, 15) is 9.59 Å². The van der Waals surface area contributed by atoms with Crippen LogP contribution in [0.2, 0.25) is 0 Å². The lowest BCUT2D eigenvalue weighted by atomic mass is 10.2. The van der Waals surface area contributed by atoms with E-state index in [1.165, 1.54) is 4.57 Å². The predicted molar refractivity (Wildman–Crippen MR) is 117 cm³/mol. The summed E-state index contributed by atoms with van der Waals surface area (Å²) in [5, 5.41) is 4.68. The molecular weight excluding hydrogens is 380 g/mol. The smallest absolute Gasteiger partial charge is 0.299 e. The van der Waals surface area contributed by atoms with Crippen molar-refractivity contribution >= 4 is 17.2 Å². The largest absolute Gasteiger partial charge is 0.329 e. The van der Waals surface area contributed by atoms with Gasteiger partial charge >= 0.3 is 5.69 Å². The average molecular weight is 404 g/mol. The maximum atomic E-state index is 12.7. The highest BCUT2D eigenvalue weighted by Gasteiger charge is 2.20. The van der Waals surface area contributed by atoms with Gasteiger partial charge in [0.2, 0.25) is 5.95 Å². The zero-order chi connectivity index (χ0) is 21.3. The van der Waals surface area contributed by atoms with Crippen LogP contribution in [0, 0.1) is 0 Å². The van der Waals surface area contributed by atoms with Crippen LogP contribution in [-0.4, -0.2) is 28.9 Å². The third-order valence-corrected chi connectivity index (χ3v) is 5.13. The van der Waals surface area contributed by atoms with Crippen LogP contribution in [0.1, 0.15) is 30.8 Å². The molecule has 0 radical (unpaired) electrons. The van der Waals surface area contributed by atoms with Gasteiger partial charge in [-0.1, -0.05) is 56.3 Å². The highest BCUT2D eigenvalue weighted by Crippen LogP contribution is 2.18. The number of H-pyrrole nitrogens is 1. The number of fused-ring (bicyclic) bond motifs is 1. The summed E-state index contributed by atoms with van der Waals surface area (Å²) in [4.78, 5) is 31.8. The Labute approximate surface area is 173 Å². The third-order valence-electron chi connectivity index (χ3n) is 5.13. The van der Waals surface area contributed by atoms with Crippen LogP contribution >= 0.6 is 0 Å². The number of hydrogen-bond acceptors (Lipinski definition) is 4. The van der Waals surface area contributed by atoms with E-state index in [1.807, 2.05) is 55.5 Å². The van der Waals surface area contributed by atoms with E-state index < -0.39 is 11.2 Å². The molecule has 0 spiro atoms. The van der Waals surface area contributed by atoms with Crippen molar-refractivity contribution in [2.24, 2.45) is 7.05 Å². The molecule has 4 rings (SSSR count). The molecule has 1 aromatic carbocycles. The summed E-state index contributed by atoms with van der Waals surface area (Å²) < 4.78 is 4.94. The van der Waals surface area contributed by atoms with Crippen LogP contribution in [0.25, 0.3) is 23.2 Å². The molecule has 0 unspecified atom stereocenters. The molecule has 0 fully saturated rings. The Kier molecular flexibility index (Phi) is 5.22. The van der Waals surface area contributed by atoms with E-state index >= 15 is 0 Å². The van der Waals surface area contributed by atoms with Gasteiger partial charge in [0, 0.05) is 19.3 Å². The van der Waals surface area contributed by atoms with Gasteiger partial charge in [0.25, 0.3) is 5.56 Å². The lowest BCUT2D eigenvalue weighted by Gasteiger charge is -2.08. The molecule has 0 saturated heterocycles. The van der Waals surface area contributed by atoms with Crippen molar-refractivity contribution in [2.45, 2.75) is 33.2 Å². The first-order valence-corrected chi connectivity index (χ1v) is 10.0. The van der Waals surface area contributed by atoms with Gasteiger partial charge in [0.1, 0.15) is 0 Å². The van der Waals surface area contributed by atoms with Crippen molar-refractivity contribution < 1.29 is 0 Å². The Morgan fingerprint density at radius 1 is 1.10 bits per heavy atom. The fraction of sp³-hybridized carbons (Fsp3) is 0.273. The number of hydrogen-bond donors (Lipinski definition) is 1. The Hall–Kier alpha value is -3.68. The summed E-state index contributed by atoms with van der Waals surface area (Å²) in [7, 11) is 1.60. The molecule has 0 atom stereocenters. The predicted octanol–water partition coefficient (Wildman–Crippen LogP) is 2.45. The normalized spacial score (nSPS) is 11.7. The van der Waals surface area contributed by atoms with Crippen LogP contribution in [0.15, 0.2) is 52.1 Å². The third kappa shape index (κ3) is 3.41. The minimum absolute atomic E-state index is 0.336. The number of aryl methyl sites for hydroxylation is 3. The molecule has 0 bridgehead atoms. The highest BCUT2D eigenvalue weighted by atomic mass is 16.2. The molecule has 154 valence electrons. The molecule has 0 amide bonds. The molecule has 8 nitrogen and oxygen atoms in total.